The third-order valence-electron chi connectivity index (χ3n) is 3.04. The van der Waals surface area contributed by atoms with Gasteiger partial charge in [0.1, 0.15) is 17.2 Å². The molecule has 0 aliphatic heterocycles. The second-order valence-electron chi connectivity index (χ2n) is 4.45. The van der Waals surface area contributed by atoms with E-state index < -0.39 is 0 Å². The minimum absolute atomic E-state index is 0.261. The van der Waals surface area contributed by atoms with Gasteiger partial charge in [0.2, 0.25) is 0 Å². The average Bonchev–Trinajstić information content (AvgIpc) is 2.77. The number of H-pyrrole nitrogens is 1. The van der Waals surface area contributed by atoms with Gasteiger partial charge in [-0.15, -0.1) is 0 Å². The maximum atomic E-state index is 13.8. The first-order valence-electron chi connectivity index (χ1n) is 5.91. The summed E-state index contributed by atoms with van der Waals surface area (Å²) < 4.78 is 13.8. The molecule has 3 aromatic rings. The van der Waals surface area contributed by atoms with E-state index in [2.05, 4.69) is 9.97 Å². The molecular weight excluding hydrogens is 300 g/mol. The van der Waals surface area contributed by atoms with Crippen molar-refractivity contribution >= 4 is 39.9 Å². The molecule has 0 bridgehead atoms. The Bertz CT molecular complexity index is 778. The predicted octanol–water partition coefficient (Wildman–Crippen LogP) is 4.18. The lowest BCUT2D eigenvalue weighted by atomic mass is 10.1. The van der Waals surface area contributed by atoms with Gasteiger partial charge in [-0.3, -0.25) is 0 Å². The molecule has 0 saturated heterocycles. The third-order valence-corrected chi connectivity index (χ3v) is 3.61. The second-order valence-corrected chi connectivity index (χ2v) is 5.30. The molecule has 3 rings (SSSR count). The molecule has 3 N–H and O–H groups in total. The number of nitrogens with one attached hydrogen (secondary N) is 1. The number of anilines is 1. The largest absolute Gasteiger partial charge is 0.397 e. The maximum absolute atomic E-state index is 13.8. The van der Waals surface area contributed by atoms with Crippen LogP contribution in [0.25, 0.3) is 11.0 Å². The molecule has 0 spiro atoms. The Morgan fingerprint density at radius 1 is 1.25 bits per heavy atom. The molecule has 2 aromatic carbocycles. The highest BCUT2D eigenvalue weighted by atomic mass is 35.5. The highest BCUT2D eigenvalue weighted by Crippen LogP contribution is 2.26. The molecule has 20 heavy (non-hydrogen) atoms. The van der Waals surface area contributed by atoms with Crippen molar-refractivity contribution in [3.63, 3.8) is 0 Å². The SMILES string of the molecule is Nc1cc(Cl)cc2[nH]c(Cc3c(F)cccc3Cl)nc12. The van der Waals surface area contributed by atoms with Crippen molar-refractivity contribution in [1.82, 2.24) is 9.97 Å². The summed E-state index contributed by atoms with van der Waals surface area (Å²) in [7, 11) is 0. The van der Waals surface area contributed by atoms with E-state index in [4.69, 9.17) is 28.9 Å². The van der Waals surface area contributed by atoms with Gasteiger partial charge in [0, 0.05) is 22.0 Å². The van der Waals surface area contributed by atoms with Crippen LogP contribution in [0, 0.1) is 5.82 Å². The van der Waals surface area contributed by atoms with E-state index in [9.17, 15) is 4.39 Å². The first-order valence-corrected chi connectivity index (χ1v) is 6.66. The van der Waals surface area contributed by atoms with E-state index in [1.54, 1.807) is 24.3 Å². The molecule has 0 radical (unpaired) electrons. The van der Waals surface area contributed by atoms with Crippen LogP contribution >= 0.6 is 23.2 Å². The first-order chi connectivity index (χ1) is 9.54. The van der Waals surface area contributed by atoms with Crippen molar-refractivity contribution in [2.24, 2.45) is 0 Å². The van der Waals surface area contributed by atoms with Crippen LogP contribution in [-0.2, 0) is 6.42 Å². The number of halogens is 3. The number of nitrogens with zero attached hydrogens (tertiary/aromatic N) is 1. The summed E-state index contributed by atoms with van der Waals surface area (Å²) in [5, 5.41) is 0.894. The fraction of sp³-hybridized carbons (Fsp3) is 0.0714. The number of nitrogens with two attached hydrogens (primary N) is 1. The van der Waals surface area contributed by atoms with Gasteiger partial charge < -0.3 is 10.7 Å². The Balaban J connectivity index is 2.06. The summed E-state index contributed by atoms with van der Waals surface area (Å²) in [6.07, 6.45) is 0.261. The van der Waals surface area contributed by atoms with Gasteiger partial charge in [-0.25, -0.2) is 9.37 Å². The van der Waals surface area contributed by atoms with Crippen LogP contribution in [-0.4, -0.2) is 9.97 Å². The molecule has 1 heterocycles. The van der Waals surface area contributed by atoms with Gasteiger partial charge in [0.05, 0.1) is 11.2 Å². The molecule has 0 fully saturated rings. The minimum Gasteiger partial charge on any atom is -0.397 e. The van der Waals surface area contributed by atoms with Gasteiger partial charge in [0.25, 0.3) is 0 Å². The minimum atomic E-state index is -0.357. The number of hydrogen-bond donors (Lipinski definition) is 2. The van der Waals surface area contributed by atoms with Crippen molar-refractivity contribution in [3.8, 4) is 0 Å². The number of nitrogen functional groups attached to an aromatic ring is 1. The van der Waals surface area contributed by atoms with Crippen molar-refractivity contribution < 1.29 is 4.39 Å². The maximum Gasteiger partial charge on any atom is 0.128 e. The molecule has 0 unspecified atom stereocenters. The van der Waals surface area contributed by atoms with E-state index in [1.807, 2.05) is 0 Å². The summed E-state index contributed by atoms with van der Waals surface area (Å²) in [4.78, 5) is 7.45. The Kier molecular flexibility index (Phi) is 3.28. The zero-order chi connectivity index (χ0) is 14.3. The summed E-state index contributed by atoms with van der Waals surface area (Å²) in [6.45, 7) is 0. The Labute approximate surface area is 124 Å². The molecule has 102 valence electrons. The molecule has 1 aromatic heterocycles. The van der Waals surface area contributed by atoms with Crippen LogP contribution in [0.5, 0.6) is 0 Å². The van der Waals surface area contributed by atoms with Crippen LogP contribution in [0.15, 0.2) is 30.3 Å². The first kappa shape index (κ1) is 13.2. The lowest BCUT2D eigenvalue weighted by Crippen LogP contribution is -1.95. The van der Waals surface area contributed by atoms with E-state index >= 15 is 0 Å². The van der Waals surface area contributed by atoms with Gasteiger partial charge in [-0.2, -0.15) is 0 Å². The van der Waals surface area contributed by atoms with Gasteiger partial charge >= 0.3 is 0 Å². The van der Waals surface area contributed by atoms with E-state index in [-0.39, 0.29) is 12.2 Å². The molecule has 0 saturated carbocycles. The molecular formula is C14H10Cl2FN3. The monoisotopic (exact) mass is 309 g/mol. The van der Waals surface area contributed by atoms with Crippen molar-refractivity contribution in [2.45, 2.75) is 6.42 Å². The fourth-order valence-electron chi connectivity index (χ4n) is 2.11. The lowest BCUT2D eigenvalue weighted by molar-refractivity contribution is 0.612. The number of benzene rings is 2. The smallest absolute Gasteiger partial charge is 0.128 e. The number of fused-ring (bicyclic) bond motifs is 1. The molecule has 6 heteroatoms. The predicted molar refractivity (Wildman–Crippen MR) is 79.7 cm³/mol. The van der Waals surface area contributed by atoms with E-state index in [1.165, 1.54) is 6.07 Å². The standard InChI is InChI=1S/C14H10Cl2FN3/c15-7-4-11(18)14-12(5-7)19-13(20-14)6-8-9(16)2-1-3-10(8)17/h1-5H,6,18H2,(H,19,20). The van der Waals surface area contributed by atoms with Crippen LogP contribution < -0.4 is 5.73 Å². The summed E-state index contributed by atoms with van der Waals surface area (Å²) >= 11 is 11.9. The van der Waals surface area contributed by atoms with Gasteiger partial charge in [-0.05, 0) is 24.3 Å². The Morgan fingerprint density at radius 2 is 2.05 bits per heavy atom. The quantitative estimate of drug-likeness (QED) is 0.698. The van der Waals surface area contributed by atoms with Crippen molar-refractivity contribution in [3.05, 3.63) is 57.6 Å². The number of aromatic nitrogens is 2. The second kappa shape index (κ2) is 4.96. The summed E-state index contributed by atoms with van der Waals surface area (Å²) in [6, 6.07) is 7.94. The van der Waals surface area contributed by atoms with E-state index in [0.29, 0.717) is 32.6 Å². The number of imidazole rings is 1. The molecule has 3 nitrogen and oxygen atoms in total. The number of rotatable bonds is 2. The van der Waals surface area contributed by atoms with Crippen molar-refractivity contribution in [2.75, 3.05) is 5.73 Å². The third kappa shape index (κ3) is 2.32. The van der Waals surface area contributed by atoms with Crippen molar-refractivity contribution in [1.29, 1.82) is 0 Å². The fourth-order valence-corrected chi connectivity index (χ4v) is 2.57. The topological polar surface area (TPSA) is 54.7 Å². The number of aromatic amines is 1. The lowest BCUT2D eigenvalue weighted by Gasteiger charge is -2.03. The van der Waals surface area contributed by atoms with E-state index in [0.717, 1.165) is 5.52 Å². The molecule has 0 aliphatic carbocycles. The summed E-state index contributed by atoms with van der Waals surface area (Å²) in [5.74, 6) is 0.227. The van der Waals surface area contributed by atoms with Crippen LogP contribution in [0.3, 0.4) is 0 Å². The van der Waals surface area contributed by atoms with Crippen LogP contribution in [0.4, 0.5) is 10.1 Å². The zero-order valence-corrected chi connectivity index (χ0v) is 11.8. The normalized spacial score (nSPS) is 11.2. The van der Waals surface area contributed by atoms with Crippen LogP contribution in [0.2, 0.25) is 10.0 Å². The Morgan fingerprint density at radius 3 is 2.80 bits per heavy atom. The number of hydrogen-bond acceptors (Lipinski definition) is 2. The molecule has 0 aliphatic rings. The van der Waals surface area contributed by atoms with Gasteiger partial charge in [0.15, 0.2) is 0 Å². The molecule has 0 atom stereocenters. The van der Waals surface area contributed by atoms with Crippen LogP contribution in [0.1, 0.15) is 11.4 Å². The Hall–Kier alpha value is -1.78. The highest BCUT2D eigenvalue weighted by molar-refractivity contribution is 6.32. The zero-order valence-electron chi connectivity index (χ0n) is 10.3. The summed E-state index contributed by atoms with van der Waals surface area (Å²) in [5.41, 5.74) is 8.08. The highest BCUT2D eigenvalue weighted by Gasteiger charge is 2.12. The molecule has 0 amide bonds. The van der Waals surface area contributed by atoms with Gasteiger partial charge in [-0.1, -0.05) is 29.3 Å². The average molecular weight is 310 g/mol.